The van der Waals surface area contributed by atoms with Crippen LogP contribution in [0.25, 0.3) is 0 Å². The molecule has 2 aromatic rings. The molecule has 10 heteroatoms. The number of pyridine rings is 1. The van der Waals surface area contributed by atoms with E-state index in [1.807, 2.05) is 0 Å². The molecule has 0 aliphatic heterocycles. The number of hydrogen-bond donors (Lipinski definition) is 1. The van der Waals surface area contributed by atoms with Gasteiger partial charge in [-0.1, -0.05) is 11.6 Å². The summed E-state index contributed by atoms with van der Waals surface area (Å²) in [4.78, 5) is 24.1. The second kappa shape index (κ2) is 8.13. The maximum absolute atomic E-state index is 12.8. The van der Waals surface area contributed by atoms with Gasteiger partial charge in [-0.05, 0) is 47.1 Å². The highest BCUT2D eigenvalue weighted by Crippen LogP contribution is 2.36. The molecule has 0 atom stereocenters. The molecule has 0 bridgehead atoms. The molecule has 1 aromatic carbocycles. The molecule has 0 spiro atoms. The molecule has 140 valence electrons. The van der Waals surface area contributed by atoms with Crippen molar-refractivity contribution in [3.05, 3.63) is 55.9 Å². The van der Waals surface area contributed by atoms with E-state index in [0.717, 1.165) is 12.3 Å². The SMILES string of the molecule is CCOc1c(Br)cc(Cl)cc1NC(=O)Cn1cccc(C(F)(F)F)c1=O. The lowest BCUT2D eigenvalue weighted by atomic mass is 10.2. The fraction of sp³-hybridized carbons (Fsp3) is 0.250. The second-order valence-electron chi connectivity index (χ2n) is 5.10. The minimum absolute atomic E-state index is 0.233. The fourth-order valence-corrected chi connectivity index (χ4v) is 3.09. The molecule has 0 unspecified atom stereocenters. The molecule has 0 saturated heterocycles. The van der Waals surface area contributed by atoms with E-state index >= 15 is 0 Å². The van der Waals surface area contributed by atoms with Crippen LogP contribution < -0.4 is 15.6 Å². The number of alkyl halides is 3. The number of anilines is 1. The summed E-state index contributed by atoms with van der Waals surface area (Å²) < 4.78 is 45.0. The maximum atomic E-state index is 12.8. The highest BCUT2D eigenvalue weighted by atomic mass is 79.9. The third-order valence-electron chi connectivity index (χ3n) is 3.21. The number of nitrogens with one attached hydrogen (secondary N) is 1. The molecule has 5 nitrogen and oxygen atoms in total. The number of halogens is 5. The van der Waals surface area contributed by atoms with E-state index < -0.39 is 29.8 Å². The molecular formula is C16H13BrClF3N2O3. The molecule has 2 rings (SSSR count). The number of amides is 1. The van der Waals surface area contributed by atoms with Crippen molar-refractivity contribution in [2.45, 2.75) is 19.6 Å². The van der Waals surface area contributed by atoms with Crippen LogP contribution in [0.15, 0.2) is 39.7 Å². The van der Waals surface area contributed by atoms with E-state index in [4.69, 9.17) is 16.3 Å². The molecule has 0 fully saturated rings. The molecule has 1 heterocycles. The highest BCUT2D eigenvalue weighted by Gasteiger charge is 2.34. The van der Waals surface area contributed by atoms with Gasteiger partial charge in [-0.3, -0.25) is 9.59 Å². The average Bonchev–Trinajstić information content (AvgIpc) is 2.51. The van der Waals surface area contributed by atoms with Crippen LogP contribution in [0.5, 0.6) is 5.75 Å². The standard InChI is InChI=1S/C16H13BrClF3N2O3/c1-2-26-14-11(17)6-9(18)7-12(14)22-13(24)8-23-5-3-4-10(15(23)25)16(19,20)21/h3-7H,2,8H2,1H3,(H,22,24). The second-order valence-corrected chi connectivity index (χ2v) is 6.39. The number of aromatic nitrogens is 1. The number of carbonyl (C=O) groups is 1. The summed E-state index contributed by atoms with van der Waals surface area (Å²) in [5.74, 6) is -0.386. The fourth-order valence-electron chi connectivity index (χ4n) is 2.17. The van der Waals surface area contributed by atoms with E-state index in [-0.39, 0.29) is 5.69 Å². The third-order valence-corrected chi connectivity index (χ3v) is 4.02. The van der Waals surface area contributed by atoms with Crippen molar-refractivity contribution >= 4 is 39.1 Å². The molecule has 1 aromatic heterocycles. The van der Waals surface area contributed by atoms with Crippen LogP contribution in [0.2, 0.25) is 5.02 Å². The van der Waals surface area contributed by atoms with Gasteiger partial charge in [-0.25, -0.2) is 0 Å². The first-order chi connectivity index (χ1) is 12.1. The lowest BCUT2D eigenvalue weighted by molar-refractivity contribution is -0.139. The molecule has 0 aliphatic carbocycles. The first kappa shape index (κ1) is 20.3. The Morgan fingerprint density at radius 3 is 2.69 bits per heavy atom. The van der Waals surface area contributed by atoms with Crippen molar-refractivity contribution in [2.75, 3.05) is 11.9 Å². The normalized spacial score (nSPS) is 11.3. The molecule has 26 heavy (non-hydrogen) atoms. The van der Waals surface area contributed by atoms with Crippen LogP contribution in [0.4, 0.5) is 18.9 Å². The van der Waals surface area contributed by atoms with Crippen molar-refractivity contribution < 1.29 is 22.7 Å². The summed E-state index contributed by atoms with van der Waals surface area (Å²) >= 11 is 9.20. The number of benzene rings is 1. The third kappa shape index (κ3) is 4.79. The van der Waals surface area contributed by atoms with Gasteiger partial charge >= 0.3 is 6.18 Å². The monoisotopic (exact) mass is 452 g/mol. The summed E-state index contributed by atoms with van der Waals surface area (Å²) in [6.45, 7) is 1.46. The summed E-state index contributed by atoms with van der Waals surface area (Å²) in [6, 6.07) is 4.72. The van der Waals surface area contributed by atoms with Gasteiger partial charge in [-0.15, -0.1) is 0 Å². The number of nitrogens with zero attached hydrogens (tertiary/aromatic N) is 1. The van der Waals surface area contributed by atoms with Crippen LogP contribution in [0.3, 0.4) is 0 Å². The highest BCUT2D eigenvalue weighted by molar-refractivity contribution is 9.10. The lowest BCUT2D eigenvalue weighted by Gasteiger charge is -2.15. The minimum atomic E-state index is -4.80. The Morgan fingerprint density at radius 1 is 1.38 bits per heavy atom. The first-order valence-corrected chi connectivity index (χ1v) is 8.49. The summed E-state index contributed by atoms with van der Waals surface area (Å²) in [5, 5.41) is 2.80. The van der Waals surface area contributed by atoms with E-state index in [0.29, 0.717) is 32.5 Å². The van der Waals surface area contributed by atoms with E-state index in [1.54, 1.807) is 13.0 Å². The Bertz CT molecular complexity index is 884. The van der Waals surface area contributed by atoms with Gasteiger partial charge in [0.05, 0.1) is 16.8 Å². The minimum Gasteiger partial charge on any atom is -0.491 e. The van der Waals surface area contributed by atoms with Gasteiger partial charge in [0.25, 0.3) is 5.56 Å². The number of rotatable bonds is 5. The number of carbonyl (C=O) groups excluding carboxylic acids is 1. The van der Waals surface area contributed by atoms with Gasteiger partial charge in [0, 0.05) is 11.2 Å². The zero-order chi connectivity index (χ0) is 19.5. The van der Waals surface area contributed by atoms with Crippen LogP contribution in [0, 0.1) is 0 Å². The van der Waals surface area contributed by atoms with Gasteiger partial charge in [0.2, 0.25) is 5.91 Å². The number of hydrogen-bond acceptors (Lipinski definition) is 3. The molecule has 0 aliphatic rings. The smallest absolute Gasteiger partial charge is 0.421 e. The number of ether oxygens (including phenoxy) is 1. The first-order valence-electron chi connectivity index (χ1n) is 7.31. The largest absolute Gasteiger partial charge is 0.491 e. The quantitative estimate of drug-likeness (QED) is 0.733. The predicted molar refractivity (Wildman–Crippen MR) is 94.7 cm³/mol. The zero-order valence-electron chi connectivity index (χ0n) is 13.4. The Labute approximate surface area is 159 Å². The van der Waals surface area contributed by atoms with Crippen LogP contribution >= 0.6 is 27.5 Å². The van der Waals surface area contributed by atoms with Gasteiger partial charge in [0.15, 0.2) is 5.75 Å². The Balaban J connectivity index is 2.27. The van der Waals surface area contributed by atoms with Crippen molar-refractivity contribution in [1.29, 1.82) is 0 Å². The Morgan fingerprint density at radius 2 is 2.08 bits per heavy atom. The van der Waals surface area contributed by atoms with E-state index in [9.17, 15) is 22.8 Å². The van der Waals surface area contributed by atoms with Gasteiger partial charge in [-0.2, -0.15) is 13.2 Å². The molecule has 0 radical (unpaired) electrons. The Kier molecular flexibility index (Phi) is 6.35. The maximum Gasteiger partial charge on any atom is 0.421 e. The van der Waals surface area contributed by atoms with Crippen molar-refractivity contribution in [3.63, 3.8) is 0 Å². The molecular weight excluding hydrogens is 441 g/mol. The topological polar surface area (TPSA) is 60.3 Å². The van der Waals surface area contributed by atoms with Crippen molar-refractivity contribution in [2.24, 2.45) is 0 Å². The molecule has 1 amide bonds. The zero-order valence-corrected chi connectivity index (χ0v) is 15.7. The van der Waals surface area contributed by atoms with Crippen molar-refractivity contribution in [1.82, 2.24) is 4.57 Å². The Hall–Kier alpha value is -2.00. The van der Waals surface area contributed by atoms with Gasteiger partial charge < -0.3 is 14.6 Å². The molecule has 1 N–H and O–H groups in total. The van der Waals surface area contributed by atoms with Crippen molar-refractivity contribution in [3.8, 4) is 5.75 Å². The summed E-state index contributed by atoms with van der Waals surface area (Å²) in [6.07, 6.45) is -3.69. The predicted octanol–water partition coefficient (Wildman–Crippen LogP) is 4.32. The van der Waals surface area contributed by atoms with Crippen LogP contribution in [-0.2, 0) is 17.5 Å². The van der Waals surface area contributed by atoms with Gasteiger partial charge in [0.1, 0.15) is 12.1 Å². The van der Waals surface area contributed by atoms with Crippen LogP contribution in [0.1, 0.15) is 12.5 Å². The summed E-state index contributed by atoms with van der Waals surface area (Å²) in [7, 11) is 0. The van der Waals surface area contributed by atoms with E-state index in [1.165, 1.54) is 6.07 Å². The summed E-state index contributed by atoms with van der Waals surface area (Å²) in [5.41, 5.74) is -2.41. The lowest BCUT2D eigenvalue weighted by Crippen LogP contribution is -2.32. The van der Waals surface area contributed by atoms with E-state index in [2.05, 4.69) is 21.2 Å². The average molecular weight is 454 g/mol. The van der Waals surface area contributed by atoms with Crippen LogP contribution in [-0.4, -0.2) is 17.1 Å². The molecule has 0 saturated carbocycles.